The molecule has 2 aliphatic heterocycles. The second kappa shape index (κ2) is 6.42. The number of nitrogens with one attached hydrogen (secondary N) is 1. The number of fused-ring (bicyclic) bond motifs is 1. The van der Waals surface area contributed by atoms with E-state index < -0.39 is 0 Å². The molecule has 0 radical (unpaired) electrons. The molecular formula is C17H26N2. The fourth-order valence-corrected chi connectivity index (χ4v) is 3.38. The smallest absolute Gasteiger partial charge is 0.0373 e. The van der Waals surface area contributed by atoms with Gasteiger partial charge in [0.05, 0.1) is 0 Å². The van der Waals surface area contributed by atoms with Crippen LogP contribution in [-0.2, 0) is 12.8 Å². The van der Waals surface area contributed by atoms with E-state index in [0.717, 1.165) is 6.54 Å². The average molecular weight is 258 g/mol. The maximum absolute atomic E-state index is 3.43. The summed E-state index contributed by atoms with van der Waals surface area (Å²) in [5.41, 5.74) is 4.40. The molecule has 0 amide bonds. The van der Waals surface area contributed by atoms with Gasteiger partial charge in [0.2, 0.25) is 0 Å². The monoisotopic (exact) mass is 258 g/mol. The molecule has 1 N–H and O–H groups in total. The molecule has 2 heterocycles. The van der Waals surface area contributed by atoms with Crippen molar-refractivity contribution in [3.8, 4) is 0 Å². The van der Waals surface area contributed by atoms with Crippen molar-refractivity contribution in [2.24, 2.45) is 0 Å². The Balaban J connectivity index is 1.46. The highest BCUT2D eigenvalue weighted by atomic mass is 15.1. The van der Waals surface area contributed by atoms with Crippen molar-refractivity contribution >= 4 is 5.69 Å². The summed E-state index contributed by atoms with van der Waals surface area (Å²) in [6.07, 6.45) is 9.45. The molecular weight excluding hydrogens is 232 g/mol. The Morgan fingerprint density at radius 1 is 1.05 bits per heavy atom. The number of hydrogen-bond acceptors (Lipinski definition) is 2. The van der Waals surface area contributed by atoms with Gasteiger partial charge in [0.1, 0.15) is 0 Å². The third-order valence-electron chi connectivity index (χ3n) is 4.52. The van der Waals surface area contributed by atoms with Crippen LogP contribution in [0.5, 0.6) is 0 Å². The van der Waals surface area contributed by atoms with Crippen molar-refractivity contribution in [3.05, 3.63) is 29.3 Å². The summed E-state index contributed by atoms with van der Waals surface area (Å²) in [6.45, 7) is 5.06. The molecule has 0 saturated carbocycles. The number of nitrogens with zero attached hydrogens (tertiary/aromatic N) is 1. The van der Waals surface area contributed by atoms with Gasteiger partial charge in [-0.1, -0.05) is 25.0 Å². The summed E-state index contributed by atoms with van der Waals surface area (Å²) in [6, 6.07) is 6.99. The number of hydrogen-bond donors (Lipinski definition) is 1. The van der Waals surface area contributed by atoms with Crippen LogP contribution >= 0.6 is 0 Å². The zero-order chi connectivity index (χ0) is 12.9. The van der Waals surface area contributed by atoms with Crippen LogP contribution in [-0.4, -0.2) is 31.1 Å². The van der Waals surface area contributed by atoms with E-state index in [4.69, 9.17) is 0 Å². The van der Waals surface area contributed by atoms with E-state index in [9.17, 15) is 0 Å². The van der Waals surface area contributed by atoms with Crippen molar-refractivity contribution in [1.29, 1.82) is 0 Å². The minimum absolute atomic E-state index is 1.12. The average Bonchev–Trinajstić information content (AvgIpc) is 2.74. The van der Waals surface area contributed by atoms with Gasteiger partial charge in [-0.05, 0) is 68.9 Å². The van der Waals surface area contributed by atoms with Gasteiger partial charge in [-0.25, -0.2) is 0 Å². The molecule has 2 heteroatoms. The van der Waals surface area contributed by atoms with Crippen molar-refractivity contribution in [2.45, 2.75) is 44.9 Å². The third-order valence-corrected chi connectivity index (χ3v) is 4.52. The lowest BCUT2D eigenvalue weighted by Crippen LogP contribution is -2.26. The van der Waals surface area contributed by atoms with Crippen LogP contribution < -0.4 is 5.32 Å². The summed E-state index contributed by atoms with van der Waals surface area (Å²) >= 11 is 0. The topological polar surface area (TPSA) is 15.3 Å². The van der Waals surface area contributed by atoms with E-state index in [1.165, 1.54) is 81.4 Å². The molecule has 0 unspecified atom stereocenters. The van der Waals surface area contributed by atoms with Gasteiger partial charge in [-0.2, -0.15) is 0 Å². The van der Waals surface area contributed by atoms with E-state index in [0.29, 0.717) is 0 Å². The lowest BCUT2D eigenvalue weighted by molar-refractivity contribution is 0.281. The molecule has 0 bridgehead atoms. The Labute approximate surface area is 117 Å². The highest BCUT2D eigenvalue weighted by Gasteiger charge is 2.11. The van der Waals surface area contributed by atoms with Crippen LogP contribution in [0.1, 0.15) is 43.2 Å². The van der Waals surface area contributed by atoms with E-state index in [1.807, 2.05) is 0 Å². The molecule has 1 saturated heterocycles. The standard InChI is InChI=1S/C17H26N2/c1-2-4-12-19(11-3-1)13-5-6-15-7-8-17-16(14-15)9-10-18-17/h7-8,14,18H,1-6,9-13H2. The molecule has 2 nitrogen and oxygen atoms in total. The summed E-state index contributed by atoms with van der Waals surface area (Å²) in [7, 11) is 0. The van der Waals surface area contributed by atoms with Gasteiger partial charge in [0.25, 0.3) is 0 Å². The number of anilines is 1. The highest BCUT2D eigenvalue weighted by Crippen LogP contribution is 2.23. The molecule has 1 aromatic rings. The molecule has 19 heavy (non-hydrogen) atoms. The van der Waals surface area contributed by atoms with Crippen molar-refractivity contribution in [3.63, 3.8) is 0 Å². The number of aryl methyl sites for hydroxylation is 1. The minimum Gasteiger partial charge on any atom is -0.384 e. The fourth-order valence-electron chi connectivity index (χ4n) is 3.38. The molecule has 1 aromatic carbocycles. The first-order valence-electron chi connectivity index (χ1n) is 8.00. The fraction of sp³-hybridized carbons (Fsp3) is 0.647. The summed E-state index contributed by atoms with van der Waals surface area (Å²) in [5.74, 6) is 0. The maximum atomic E-state index is 3.43. The number of likely N-dealkylation sites (tertiary alicyclic amines) is 1. The van der Waals surface area contributed by atoms with Gasteiger partial charge in [-0.15, -0.1) is 0 Å². The molecule has 0 spiro atoms. The van der Waals surface area contributed by atoms with Crippen molar-refractivity contribution in [1.82, 2.24) is 4.90 Å². The maximum Gasteiger partial charge on any atom is 0.0373 e. The predicted octanol–water partition coefficient (Wildman–Crippen LogP) is 3.46. The van der Waals surface area contributed by atoms with Gasteiger partial charge in [0.15, 0.2) is 0 Å². The zero-order valence-electron chi connectivity index (χ0n) is 12.0. The molecule has 0 aliphatic carbocycles. The zero-order valence-corrected chi connectivity index (χ0v) is 12.0. The lowest BCUT2D eigenvalue weighted by Gasteiger charge is -2.19. The Morgan fingerprint density at radius 3 is 2.74 bits per heavy atom. The highest BCUT2D eigenvalue weighted by molar-refractivity contribution is 5.56. The van der Waals surface area contributed by atoms with E-state index >= 15 is 0 Å². The Hall–Kier alpha value is -1.02. The summed E-state index contributed by atoms with van der Waals surface area (Å²) in [4.78, 5) is 2.67. The lowest BCUT2D eigenvalue weighted by atomic mass is 10.0. The van der Waals surface area contributed by atoms with E-state index in [2.05, 4.69) is 28.4 Å². The van der Waals surface area contributed by atoms with E-state index in [-0.39, 0.29) is 0 Å². The van der Waals surface area contributed by atoms with Crippen LogP contribution in [0.2, 0.25) is 0 Å². The van der Waals surface area contributed by atoms with Crippen LogP contribution in [0.15, 0.2) is 18.2 Å². The predicted molar refractivity (Wildman–Crippen MR) is 81.9 cm³/mol. The normalized spacial score (nSPS) is 19.8. The Kier molecular flexibility index (Phi) is 4.39. The SMILES string of the molecule is c1cc2c(cc1CCCN1CCCCCC1)CCN2. The quantitative estimate of drug-likeness (QED) is 0.889. The molecule has 2 aliphatic rings. The minimum atomic E-state index is 1.12. The first-order valence-corrected chi connectivity index (χ1v) is 8.00. The largest absolute Gasteiger partial charge is 0.384 e. The summed E-state index contributed by atoms with van der Waals surface area (Å²) < 4.78 is 0. The van der Waals surface area contributed by atoms with Gasteiger partial charge >= 0.3 is 0 Å². The van der Waals surface area contributed by atoms with E-state index in [1.54, 1.807) is 0 Å². The van der Waals surface area contributed by atoms with Crippen LogP contribution in [0.25, 0.3) is 0 Å². The first kappa shape index (κ1) is 13.0. The van der Waals surface area contributed by atoms with Gasteiger partial charge < -0.3 is 10.2 Å². The van der Waals surface area contributed by atoms with Crippen LogP contribution in [0.3, 0.4) is 0 Å². The molecule has 1 fully saturated rings. The number of benzene rings is 1. The van der Waals surface area contributed by atoms with Gasteiger partial charge in [0, 0.05) is 12.2 Å². The third kappa shape index (κ3) is 3.50. The van der Waals surface area contributed by atoms with Crippen molar-refractivity contribution < 1.29 is 0 Å². The molecule has 0 aromatic heterocycles. The second-order valence-corrected chi connectivity index (χ2v) is 6.03. The van der Waals surface area contributed by atoms with Crippen LogP contribution in [0, 0.1) is 0 Å². The van der Waals surface area contributed by atoms with Gasteiger partial charge in [-0.3, -0.25) is 0 Å². The molecule has 3 rings (SSSR count). The Morgan fingerprint density at radius 2 is 1.89 bits per heavy atom. The van der Waals surface area contributed by atoms with Crippen LogP contribution in [0.4, 0.5) is 5.69 Å². The second-order valence-electron chi connectivity index (χ2n) is 6.03. The molecule has 0 atom stereocenters. The van der Waals surface area contributed by atoms with Crippen molar-refractivity contribution in [2.75, 3.05) is 31.5 Å². The first-order chi connectivity index (χ1) is 9.42. The summed E-state index contributed by atoms with van der Waals surface area (Å²) in [5, 5.41) is 3.43. The Bertz CT molecular complexity index is 406. The molecule has 104 valence electrons. The number of rotatable bonds is 4.